The third-order valence-corrected chi connectivity index (χ3v) is 4.77. The lowest BCUT2D eigenvalue weighted by Gasteiger charge is -2.30. The summed E-state index contributed by atoms with van der Waals surface area (Å²) in [6, 6.07) is 15.6. The fraction of sp³-hybridized carbons (Fsp3) is 0.381. The number of carbonyl (C=O) groups excluding carboxylic acids is 1. The Balaban J connectivity index is 0.00000182. The summed E-state index contributed by atoms with van der Waals surface area (Å²) in [7, 11) is 0. The van der Waals surface area contributed by atoms with Gasteiger partial charge >= 0.3 is 0 Å². The normalized spacial score (nSPS) is 16.7. The second-order valence-corrected chi connectivity index (χ2v) is 7.11. The summed E-state index contributed by atoms with van der Waals surface area (Å²) < 4.78 is 0. The van der Waals surface area contributed by atoms with Crippen LogP contribution in [0.2, 0.25) is 0 Å². The lowest BCUT2D eigenvalue weighted by molar-refractivity contribution is 0.0951. The predicted molar refractivity (Wildman–Crippen MR) is 117 cm³/mol. The molecule has 3 rings (SSSR count). The maximum absolute atomic E-state index is 12.2. The highest BCUT2D eigenvalue weighted by atomic mass is 35.5. The average molecular weight is 410 g/mol. The number of nitrogens with zero attached hydrogens (tertiary/aromatic N) is 1. The number of benzene rings is 2. The Morgan fingerprint density at radius 3 is 2.52 bits per heavy atom. The van der Waals surface area contributed by atoms with Gasteiger partial charge in [-0.15, -0.1) is 24.8 Å². The molecule has 0 saturated carbocycles. The third kappa shape index (κ3) is 7.06. The van der Waals surface area contributed by atoms with E-state index in [0.717, 1.165) is 18.0 Å². The number of nitrogens with two attached hydrogens (primary N) is 1. The fourth-order valence-electron chi connectivity index (χ4n) is 3.42. The van der Waals surface area contributed by atoms with Crippen LogP contribution in [-0.2, 0) is 13.1 Å². The highest BCUT2D eigenvalue weighted by molar-refractivity contribution is 5.94. The van der Waals surface area contributed by atoms with Crippen molar-refractivity contribution < 1.29 is 4.79 Å². The van der Waals surface area contributed by atoms with Crippen LogP contribution in [-0.4, -0.2) is 23.9 Å². The molecule has 1 heterocycles. The molecule has 2 aromatic rings. The summed E-state index contributed by atoms with van der Waals surface area (Å²) in [5.41, 5.74) is 9.35. The van der Waals surface area contributed by atoms with E-state index in [-0.39, 0.29) is 30.7 Å². The van der Waals surface area contributed by atoms with Gasteiger partial charge in [-0.2, -0.15) is 0 Å². The van der Waals surface area contributed by atoms with Gasteiger partial charge in [-0.1, -0.05) is 37.3 Å². The number of likely N-dealkylation sites (tertiary alicyclic amines) is 1. The van der Waals surface area contributed by atoms with E-state index in [1.165, 1.54) is 31.5 Å². The van der Waals surface area contributed by atoms with Gasteiger partial charge in [-0.3, -0.25) is 9.69 Å². The zero-order chi connectivity index (χ0) is 17.6. The summed E-state index contributed by atoms with van der Waals surface area (Å²) in [4.78, 5) is 14.7. The Kier molecular flexibility index (Phi) is 9.64. The Bertz CT molecular complexity index is 722. The number of anilines is 1. The van der Waals surface area contributed by atoms with Crippen LogP contribution in [0.4, 0.5) is 5.69 Å². The number of halogens is 2. The molecule has 27 heavy (non-hydrogen) atoms. The maximum atomic E-state index is 12.2. The molecular formula is C21H29Cl2N3O. The summed E-state index contributed by atoms with van der Waals surface area (Å²) in [5, 5.41) is 2.94. The van der Waals surface area contributed by atoms with E-state index in [0.29, 0.717) is 17.8 Å². The van der Waals surface area contributed by atoms with Crippen LogP contribution in [0.5, 0.6) is 0 Å². The molecule has 1 aliphatic heterocycles. The number of carbonyl (C=O) groups is 1. The molecule has 0 radical (unpaired) electrons. The SMILES string of the molecule is CC1CCCN(Cc2ccc(CNC(=O)c3cccc(N)c3)cc2)C1.Cl.Cl. The Morgan fingerprint density at radius 1 is 1.15 bits per heavy atom. The number of amides is 1. The minimum absolute atomic E-state index is 0. The molecule has 0 aliphatic carbocycles. The molecule has 4 nitrogen and oxygen atoms in total. The van der Waals surface area contributed by atoms with Crippen LogP contribution in [0.15, 0.2) is 48.5 Å². The van der Waals surface area contributed by atoms with Gasteiger partial charge in [0.15, 0.2) is 0 Å². The highest BCUT2D eigenvalue weighted by Crippen LogP contribution is 2.18. The van der Waals surface area contributed by atoms with Crippen molar-refractivity contribution in [1.29, 1.82) is 0 Å². The fourth-order valence-corrected chi connectivity index (χ4v) is 3.42. The van der Waals surface area contributed by atoms with Gasteiger partial charge in [0, 0.05) is 30.9 Å². The molecule has 6 heteroatoms. The monoisotopic (exact) mass is 409 g/mol. The Hall–Kier alpha value is -1.75. The first-order valence-electron chi connectivity index (χ1n) is 9.04. The smallest absolute Gasteiger partial charge is 0.251 e. The van der Waals surface area contributed by atoms with Crippen LogP contribution < -0.4 is 11.1 Å². The molecule has 2 aromatic carbocycles. The molecule has 1 atom stereocenters. The number of hydrogen-bond acceptors (Lipinski definition) is 3. The van der Waals surface area contributed by atoms with Crippen LogP contribution in [0.1, 0.15) is 41.3 Å². The van der Waals surface area contributed by atoms with Crippen LogP contribution in [0.3, 0.4) is 0 Å². The standard InChI is InChI=1S/C21H27N3O.2ClH/c1-16-4-3-11-24(14-16)15-18-9-7-17(8-10-18)13-23-21(25)19-5-2-6-20(22)12-19;;/h2,5-10,12,16H,3-4,11,13-15,22H2,1H3,(H,23,25);2*1H. The van der Waals surface area contributed by atoms with Crippen molar-refractivity contribution in [1.82, 2.24) is 10.2 Å². The number of rotatable bonds is 5. The van der Waals surface area contributed by atoms with Gasteiger partial charge in [-0.05, 0) is 54.6 Å². The van der Waals surface area contributed by atoms with Crippen LogP contribution in [0.25, 0.3) is 0 Å². The second-order valence-electron chi connectivity index (χ2n) is 7.11. The van der Waals surface area contributed by atoms with Crippen molar-refractivity contribution in [2.75, 3.05) is 18.8 Å². The molecule has 1 unspecified atom stereocenters. The Labute approximate surface area is 174 Å². The maximum Gasteiger partial charge on any atom is 0.251 e. The third-order valence-electron chi connectivity index (χ3n) is 4.77. The lowest BCUT2D eigenvalue weighted by Crippen LogP contribution is -2.33. The lowest BCUT2D eigenvalue weighted by atomic mass is 9.99. The summed E-state index contributed by atoms with van der Waals surface area (Å²) in [5.74, 6) is 0.703. The van der Waals surface area contributed by atoms with Crippen molar-refractivity contribution >= 4 is 36.4 Å². The molecule has 0 aromatic heterocycles. The number of nitrogens with one attached hydrogen (secondary N) is 1. The van der Waals surface area contributed by atoms with Crippen LogP contribution >= 0.6 is 24.8 Å². The van der Waals surface area contributed by atoms with Gasteiger partial charge < -0.3 is 11.1 Å². The minimum Gasteiger partial charge on any atom is -0.399 e. The summed E-state index contributed by atoms with van der Waals surface area (Å²) >= 11 is 0. The zero-order valence-electron chi connectivity index (χ0n) is 15.7. The predicted octanol–water partition coefficient (Wildman–Crippen LogP) is 4.27. The molecule has 148 valence electrons. The molecule has 1 saturated heterocycles. The molecule has 1 amide bonds. The van der Waals surface area contributed by atoms with Crippen molar-refractivity contribution in [3.63, 3.8) is 0 Å². The molecule has 3 N–H and O–H groups in total. The minimum atomic E-state index is -0.0984. The van der Waals surface area contributed by atoms with E-state index in [4.69, 9.17) is 5.73 Å². The van der Waals surface area contributed by atoms with E-state index in [1.54, 1.807) is 24.3 Å². The average Bonchev–Trinajstić information content (AvgIpc) is 2.61. The van der Waals surface area contributed by atoms with Gasteiger partial charge in [0.1, 0.15) is 0 Å². The van der Waals surface area contributed by atoms with Gasteiger partial charge in [0.25, 0.3) is 5.91 Å². The van der Waals surface area contributed by atoms with Crippen molar-refractivity contribution in [3.05, 3.63) is 65.2 Å². The molecule has 1 aliphatic rings. The highest BCUT2D eigenvalue weighted by Gasteiger charge is 2.16. The topological polar surface area (TPSA) is 58.4 Å². The molecule has 0 spiro atoms. The molecule has 1 fully saturated rings. The van der Waals surface area contributed by atoms with Gasteiger partial charge in [0.2, 0.25) is 0 Å². The summed E-state index contributed by atoms with van der Waals surface area (Å²) in [6.07, 6.45) is 2.65. The van der Waals surface area contributed by atoms with Crippen molar-refractivity contribution in [2.45, 2.75) is 32.9 Å². The van der Waals surface area contributed by atoms with Crippen LogP contribution in [0, 0.1) is 5.92 Å². The van der Waals surface area contributed by atoms with Crippen molar-refractivity contribution in [3.8, 4) is 0 Å². The van der Waals surface area contributed by atoms with E-state index in [1.807, 2.05) is 0 Å². The van der Waals surface area contributed by atoms with Gasteiger partial charge in [0.05, 0.1) is 0 Å². The van der Waals surface area contributed by atoms with Gasteiger partial charge in [-0.25, -0.2) is 0 Å². The van der Waals surface area contributed by atoms with E-state index in [9.17, 15) is 4.79 Å². The molecule has 0 bridgehead atoms. The van der Waals surface area contributed by atoms with E-state index >= 15 is 0 Å². The first-order valence-corrected chi connectivity index (χ1v) is 9.04. The number of piperidine rings is 1. The largest absolute Gasteiger partial charge is 0.399 e. The number of nitrogen functional groups attached to an aromatic ring is 1. The van der Waals surface area contributed by atoms with E-state index < -0.39 is 0 Å². The van der Waals surface area contributed by atoms with E-state index in [2.05, 4.69) is 41.4 Å². The summed E-state index contributed by atoms with van der Waals surface area (Å²) in [6.45, 7) is 6.26. The second kappa shape index (κ2) is 11.2. The quantitative estimate of drug-likeness (QED) is 0.724. The molecular weight excluding hydrogens is 381 g/mol. The first kappa shape index (κ1) is 23.3. The zero-order valence-corrected chi connectivity index (χ0v) is 17.3. The Morgan fingerprint density at radius 2 is 1.85 bits per heavy atom. The van der Waals surface area contributed by atoms with Crippen molar-refractivity contribution in [2.24, 2.45) is 5.92 Å². The number of hydrogen-bond donors (Lipinski definition) is 2. The first-order chi connectivity index (χ1) is 12.1.